The molecular formula is C18H23N7. The van der Waals surface area contributed by atoms with E-state index in [1.165, 1.54) is 6.42 Å². The Balaban J connectivity index is 1.86. The van der Waals surface area contributed by atoms with Gasteiger partial charge in [0.2, 0.25) is 11.9 Å². The molecule has 0 atom stereocenters. The van der Waals surface area contributed by atoms with Crippen LogP contribution in [0, 0.1) is 6.92 Å². The van der Waals surface area contributed by atoms with E-state index in [9.17, 15) is 0 Å². The molecule has 7 nitrogen and oxygen atoms in total. The second kappa shape index (κ2) is 5.91. The average molecular weight is 337 g/mol. The molecule has 1 spiro atoms. The molecule has 7 heteroatoms. The Hall–Kier alpha value is -2.83. The molecule has 0 radical (unpaired) electrons. The van der Waals surface area contributed by atoms with Crippen molar-refractivity contribution < 1.29 is 0 Å². The maximum absolute atomic E-state index is 6.35. The first-order valence-electron chi connectivity index (χ1n) is 8.70. The number of H-pyrrole nitrogens is 1. The van der Waals surface area contributed by atoms with Gasteiger partial charge in [-0.15, -0.1) is 0 Å². The smallest absolute Gasteiger partial charge is 0.220 e. The number of para-hydroxylation sites is 1. The lowest BCUT2D eigenvalue weighted by Crippen LogP contribution is -2.58. The predicted molar refractivity (Wildman–Crippen MR) is 100 cm³/mol. The molecule has 1 saturated carbocycles. The van der Waals surface area contributed by atoms with Crippen molar-refractivity contribution >= 4 is 17.6 Å². The zero-order valence-corrected chi connectivity index (χ0v) is 14.4. The number of hydrogen-bond donors (Lipinski definition) is 3. The fraction of sp³-hybridized carbons (Fsp3) is 0.389. The van der Waals surface area contributed by atoms with Crippen molar-refractivity contribution in [1.29, 1.82) is 0 Å². The molecule has 1 fully saturated rings. The highest BCUT2D eigenvalue weighted by molar-refractivity contribution is 6.07. The Morgan fingerprint density at radius 2 is 1.88 bits per heavy atom. The highest BCUT2D eigenvalue weighted by Crippen LogP contribution is 2.42. The van der Waals surface area contributed by atoms with E-state index in [-0.39, 0.29) is 5.96 Å². The van der Waals surface area contributed by atoms with Gasteiger partial charge in [0.15, 0.2) is 0 Å². The molecule has 1 aliphatic carbocycles. The number of nitrogens with one attached hydrogen (secondary N) is 1. The molecule has 4 rings (SSSR count). The van der Waals surface area contributed by atoms with E-state index < -0.39 is 5.66 Å². The molecule has 130 valence electrons. The van der Waals surface area contributed by atoms with Gasteiger partial charge in [-0.2, -0.15) is 10.1 Å². The quantitative estimate of drug-likeness (QED) is 0.782. The SMILES string of the molecule is Cc1cc(-c2ccccc2N2C(N)=NC(N)=NC23CCCCC3)n[nH]1. The number of aromatic amines is 1. The van der Waals surface area contributed by atoms with Gasteiger partial charge in [0.1, 0.15) is 5.66 Å². The van der Waals surface area contributed by atoms with Crippen LogP contribution in [0.15, 0.2) is 40.3 Å². The molecule has 25 heavy (non-hydrogen) atoms. The number of benzene rings is 1. The molecule has 0 saturated heterocycles. The number of aliphatic imine (C=N–C) groups is 2. The summed E-state index contributed by atoms with van der Waals surface area (Å²) in [7, 11) is 0. The first kappa shape index (κ1) is 15.7. The van der Waals surface area contributed by atoms with Crippen LogP contribution in [0.2, 0.25) is 0 Å². The van der Waals surface area contributed by atoms with E-state index in [4.69, 9.17) is 16.5 Å². The maximum Gasteiger partial charge on any atom is 0.220 e. The van der Waals surface area contributed by atoms with E-state index in [0.717, 1.165) is 48.3 Å². The molecular weight excluding hydrogens is 314 g/mol. The summed E-state index contributed by atoms with van der Waals surface area (Å²) in [5, 5.41) is 7.43. The van der Waals surface area contributed by atoms with Crippen molar-refractivity contribution in [3.05, 3.63) is 36.0 Å². The van der Waals surface area contributed by atoms with Crippen LogP contribution in [-0.4, -0.2) is 27.8 Å². The van der Waals surface area contributed by atoms with Gasteiger partial charge in [-0.3, -0.25) is 10.00 Å². The maximum atomic E-state index is 6.35. The Labute approximate surface area is 146 Å². The topological polar surface area (TPSA) is 109 Å². The summed E-state index contributed by atoms with van der Waals surface area (Å²) < 4.78 is 0. The standard InChI is InChI=1S/C18H23N7/c1-12-11-14(24-23-12)13-7-3-4-8-15(13)25-17(20)21-16(19)22-18(25)9-5-2-6-10-18/h3-4,7-8,11H,2,5-6,9-10H2,1H3,(H,23,24)(H4,19,20,21,22). The molecule has 1 aromatic carbocycles. The van der Waals surface area contributed by atoms with E-state index in [1.54, 1.807) is 0 Å². The van der Waals surface area contributed by atoms with Crippen LogP contribution in [-0.2, 0) is 0 Å². The molecule has 5 N–H and O–H groups in total. The van der Waals surface area contributed by atoms with Crippen LogP contribution >= 0.6 is 0 Å². The third kappa shape index (κ3) is 2.65. The van der Waals surface area contributed by atoms with Crippen molar-refractivity contribution in [2.45, 2.75) is 44.7 Å². The number of nitrogens with zero attached hydrogens (tertiary/aromatic N) is 4. The molecule has 2 heterocycles. The van der Waals surface area contributed by atoms with E-state index in [1.807, 2.05) is 25.1 Å². The van der Waals surface area contributed by atoms with Crippen LogP contribution in [0.3, 0.4) is 0 Å². The highest BCUT2D eigenvalue weighted by Gasteiger charge is 2.43. The number of nitrogens with two attached hydrogens (primary N) is 2. The molecule has 0 unspecified atom stereocenters. The number of guanidine groups is 2. The van der Waals surface area contributed by atoms with Crippen LogP contribution in [0.4, 0.5) is 5.69 Å². The summed E-state index contributed by atoms with van der Waals surface area (Å²) in [6.45, 7) is 1.99. The second-order valence-electron chi connectivity index (χ2n) is 6.77. The van der Waals surface area contributed by atoms with E-state index >= 15 is 0 Å². The Bertz CT molecular complexity index is 843. The Kier molecular flexibility index (Phi) is 3.71. The van der Waals surface area contributed by atoms with Gasteiger partial charge >= 0.3 is 0 Å². The number of rotatable bonds is 2. The minimum absolute atomic E-state index is 0.267. The van der Waals surface area contributed by atoms with Crippen LogP contribution in [0.5, 0.6) is 0 Å². The molecule has 0 amide bonds. The summed E-state index contributed by atoms with van der Waals surface area (Å²) in [4.78, 5) is 11.1. The predicted octanol–water partition coefficient (Wildman–Crippen LogP) is 2.49. The zero-order valence-electron chi connectivity index (χ0n) is 14.4. The van der Waals surface area contributed by atoms with E-state index in [2.05, 4.69) is 32.2 Å². The first-order valence-corrected chi connectivity index (χ1v) is 8.70. The Morgan fingerprint density at radius 3 is 2.60 bits per heavy atom. The lowest BCUT2D eigenvalue weighted by Gasteiger charge is -2.46. The number of anilines is 1. The third-order valence-corrected chi connectivity index (χ3v) is 4.98. The normalized spacial score (nSPS) is 19.6. The van der Waals surface area contributed by atoms with Crippen molar-refractivity contribution in [1.82, 2.24) is 10.2 Å². The summed E-state index contributed by atoms with van der Waals surface area (Å²) in [6, 6.07) is 10.1. The lowest BCUT2D eigenvalue weighted by atomic mass is 9.86. The fourth-order valence-corrected chi connectivity index (χ4v) is 3.91. The Morgan fingerprint density at radius 1 is 1.12 bits per heavy atom. The molecule has 2 aromatic rings. The van der Waals surface area contributed by atoms with Crippen molar-refractivity contribution in [3.8, 4) is 11.3 Å². The average Bonchev–Trinajstić information content (AvgIpc) is 3.01. The van der Waals surface area contributed by atoms with Crippen molar-refractivity contribution in [3.63, 3.8) is 0 Å². The summed E-state index contributed by atoms with van der Waals surface area (Å²) >= 11 is 0. The summed E-state index contributed by atoms with van der Waals surface area (Å²) in [5.41, 5.74) is 15.7. The molecule has 1 aliphatic heterocycles. The zero-order chi connectivity index (χ0) is 17.4. The summed E-state index contributed by atoms with van der Waals surface area (Å²) in [5.74, 6) is 0.665. The van der Waals surface area contributed by atoms with Gasteiger partial charge in [-0.25, -0.2) is 4.99 Å². The van der Waals surface area contributed by atoms with Crippen molar-refractivity contribution in [2.75, 3.05) is 4.90 Å². The molecule has 2 aliphatic rings. The van der Waals surface area contributed by atoms with Gasteiger partial charge in [0.25, 0.3) is 0 Å². The molecule has 0 bridgehead atoms. The van der Waals surface area contributed by atoms with E-state index in [0.29, 0.717) is 5.96 Å². The highest BCUT2D eigenvalue weighted by atomic mass is 15.4. The first-order chi connectivity index (χ1) is 12.1. The van der Waals surface area contributed by atoms with Crippen LogP contribution in [0.25, 0.3) is 11.3 Å². The lowest BCUT2D eigenvalue weighted by molar-refractivity contribution is 0.305. The largest absolute Gasteiger partial charge is 0.369 e. The fourth-order valence-electron chi connectivity index (χ4n) is 3.91. The minimum Gasteiger partial charge on any atom is -0.369 e. The number of aromatic nitrogens is 2. The monoisotopic (exact) mass is 337 g/mol. The third-order valence-electron chi connectivity index (χ3n) is 4.98. The summed E-state index contributed by atoms with van der Waals surface area (Å²) in [6.07, 6.45) is 5.24. The van der Waals surface area contributed by atoms with Gasteiger partial charge < -0.3 is 11.5 Å². The number of hydrogen-bond acceptors (Lipinski definition) is 6. The van der Waals surface area contributed by atoms with Crippen LogP contribution < -0.4 is 16.4 Å². The minimum atomic E-state index is -0.449. The van der Waals surface area contributed by atoms with Crippen LogP contribution in [0.1, 0.15) is 37.8 Å². The molecule has 1 aromatic heterocycles. The number of aryl methyl sites for hydroxylation is 1. The second-order valence-corrected chi connectivity index (χ2v) is 6.77. The van der Waals surface area contributed by atoms with Gasteiger partial charge in [0.05, 0.1) is 11.4 Å². The van der Waals surface area contributed by atoms with Gasteiger partial charge in [-0.05, 0) is 44.7 Å². The van der Waals surface area contributed by atoms with Gasteiger partial charge in [-0.1, -0.05) is 24.6 Å². The van der Waals surface area contributed by atoms with Gasteiger partial charge in [0, 0.05) is 11.3 Å². The van der Waals surface area contributed by atoms with Crippen molar-refractivity contribution in [2.24, 2.45) is 21.5 Å².